The van der Waals surface area contributed by atoms with Gasteiger partial charge in [0.1, 0.15) is 10.7 Å². The van der Waals surface area contributed by atoms with Gasteiger partial charge in [-0.15, -0.1) is 0 Å². The minimum absolute atomic E-state index is 0.198. The van der Waals surface area contributed by atoms with Gasteiger partial charge in [-0.3, -0.25) is 0 Å². The van der Waals surface area contributed by atoms with Gasteiger partial charge in [0.25, 0.3) is 0 Å². The third-order valence-corrected chi connectivity index (χ3v) is 3.07. The van der Waals surface area contributed by atoms with Crippen molar-refractivity contribution in [2.45, 2.75) is 6.92 Å². The van der Waals surface area contributed by atoms with E-state index in [1.54, 1.807) is 7.11 Å². The Morgan fingerprint density at radius 1 is 1.15 bits per heavy atom. The molecule has 0 bridgehead atoms. The maximum atomic E-state index is 5.55. The molecule has 0 unspecified atom stereocenters. The highest BCUT2D eigenvalue weighted by atomic mass is 32.1. The standard InChI is InChI=1S/C16H17NO2S/c1-12-8-9-15(19-11-18-2)14(10-12)16(20)17-13-6-4-3-5-7-13/h3-10H,11H2,1-2H3,(H,17,20). The molecule has 0 saturated heterocycles. The molecular weight excluding hydrogens is 270 g/mol. The fourth-order valence-electron chi connectivity index (χ4n) is 1.79. The van der Waals surface area contributed by atoms with Crippen LogP contribution in [0.25, 0.3) is 0 Å². The molecule has 0 aliphatic rings. The largest absolute Gasteiger partial charge is 0.467 e. The number of methoxy groups -OCH3 is 1. The lowest BCUT2D eigenvalue weighted by atomic mass is 10.1. The molecule has 4 heteroatoms. The Labute approximate surface area is 124 Å². The molecule has 0 radical (unpaired) electrons. The van der Waals surface area contributed by atoms with E-state index in [2.05, 4.69) is 5.32 Å². The van der Waals surface area contributed by atoms with Gasteiger partial charge in [0.05, 0.1) is 5.56 Å². The van der Waals surface area contributed by atoms with Crippen molar-refractivity contribution in [3.63, 3.8) is 0 Å². The number of nitrogens with one attached hydrogen (secondary N) is 1. The smallest absolute Gasteiger partial charge is 0.188 e. The van der Waals surface area contributed by atoms with E-state index in [1.807, 2.05) is 55.5 Å². The fraction of sp³-hybridized carbons (Fsp3) is 0.188. The second-order valence-electron chi connectivity index (χ2n) is 4.37. The number of aryl methyl sites for hydroxylation is 1. The third-order valence-electron chi connectivity index (χ3n) is 2.74. The zero-order valence-electron chi connectivity index (χ0n) is 11.6. The number of anilines is 1. The summed E-state index contributed by atoms with van der Waals surface area (Å²) in [5, 5.41) is 3.21. The van der Waals surface area contributed by atoms with Gasteiger partial charge in [-0.25, -0.2) is 0 Å². The molecule has 0 spiro atoms. The van der Waals surface area contributed by atoms with E-state index in [-0.39, 0.29) is 6.79 Å². The summed E-state index contributed by atoms with van der Waals surface area (Å²) in [6, 6.07) is 15.7. The van der Waals surface area contributed by atoms with Crippen LogP contribution >= 0.6 is 12.2 Å². The SMILES string of the molecule is COCOc1ccc(C)cc1C(=S)Nc1ccccc1. The van der Waals surface area contributed by atoms with Crippen LogP contribution in [0.1, 0.15) is 11.1 Å². The summed E-state index contributed by atoms with van der Waals surface area (Å²) in [6.07, 6.45) is 0. The van der Waals surface area contributed by atoms with Crippen molar-refractivity contribution in [2.75, 3.05) is 19.2 Å². The molecule has 1 N–H and O–H groups in total. The number of hydrogen-bond donors (Lipinski definition) is 1. The van der Waals surface area contributed by atoms with Gasteiger partial charge in [0.15, 0.2) is 6.79 Å². The Morgan fingerprint density at radius 3 is 2.60 bits per heavy atom. The second kappa shape index (κ2) is 7.03. The molecular formula is C16H17NO2S. The molecule has 2 aromatic carbocycles. The number of ether oxygens (including phenoxy) is 2. The lowest BCUT2D eigenvalue weighted by Crippen LogP contribution is -2.13. The van der Waals surface area contributed by atoms with Crippen molar-refractivity contribution in [3.8, 4) is 5.75 Å². The molecule has 0 amide bonds. The highest BCUT2D eigenvalue weighted by Crippen LogP contribution is 2.22. The van der Waals surface area contributed by atoms with Crippen molar-refractivity contribution in [3.05, 3.63) is 59.7 Å². The molecule has 0 heterocycles. The van der Waals surface area contributed by atoms with Crippen LogP contribution < -0.4 is 10.1 Å². The van der Waals surface area contributed by atoms with E-state index < -0.39 is 0 Å². The Hall–Kier alpha value is -1.91. The van der Waals surface area contributed by atoms with Crippen molar-refractivity contribution < 1.29 is 9.47 Å². The van der Waals surface area contributed by atoms with Crippen molar-refractivity contribution in [1.29, 1.82) is 0 Å². The highest BCUT2D eigenvalue weighted by molar-refractivity contribution is 7.81. The molecule has 0 fully saturated rings. The van der Waals surface area contributed by atoms with E-state index >= 15 is 0 Å². The summed E-state index contributed by atoms with van der Waals surface area (Å²) < 4.78 is 10.5. The number of hydrogen-bond acceptors (Lipinski definition) is 3. The van der Waals surface area contributed by atoms with Crippen LogP contribution in [0.3, 0.4) is 0 Å². The molecule has 0 aliphatic carbocycles. The molecule has 0 saturated carbocycles. The molecule has 3 nitrogen and oxygen atoms in total. The molecule has 0 aromatic heterocycles. The van der Waals surface area contributed by atoms with Gasteiger partial charge in [0, 0.05) is 12.8 Å². The van der Waals surface area contributed by atoms with Gasteiger partial charge < -0.3 is 14.8 Å². The van der Waals surface area contributed by atoms with E-state index in [0.717, 1.165) is 16.8 Å². The first-order valence-electron chi connectivity index (χ1n) is 6.29. The summed E-state index contributed by atoms with van der Waals surface area (Å²) in [5.74, 6) is 0.714. The quantitative estimate of drug-likeness (QED) is 0.670. The molecule has 2 rings (SSSR count). The molecule has 0 aliphatic heterocycles. The van der Waals surface area contributed by atoms with Gasteiger partial charge in [-0.2, -0.15) is 0 Å². The van der Waals surface area contributed by atoms with Crippen LogP contribution in [0.4, 0.5) is 5.69 Å². The number of thiocarbonyl (C=S) groups is 1. The lowest BCUT2D eigenvalue weighted by molar-refractivity contribution is 0.0510. The Morgan fingerprint density at radius 2 is 1.90 bits per heavy atom. The Bertz CT molecular complexity index is 584. The lowest BCUT2D eigenvalue weighted by Gasteiger charge is -2.14. The topological polar surface area (TPSA) is 30.5 Å². The van der Waals surface area contributed by atoms with E-state index in [0.29, 0.717) is 10.7 Å². The maximum absolute atomic E-state index is 5.55. The van der Waals surface area contributed by atoms with Crippen LogP contribution in [0, 0.1) is 6.92 Å². The number of para-hydroxylation sites is 1. The summed E-state index contributed by atoms with van der Waals surface area (Å²) in [7, 11) is 1.59. The highest BCUT2D eigenvalue weighted by Gasteiger charge is 2.10. The first-order chi connectivity index (χ1) is 9.70. The van der Waals surface area contributed by atoms with Gasteiger partial charge in [0.2, 0.25) is 0 Å². The van der Waals surface area contributed by atoms with Crippen LogP contribution in [-0.2, 0) is 4.74 Å². The molecule has 0 atom stereocenters. The first kappa shape index (κ1) is 14.5. The minimum Gasteiger partial charge on any atom is -0.467 e. The van der Waals surface area contributed by atoms with Gasteiger partial charge in [-0.05, 0) is 31.2 Å². The second-order valence-corrected chi connectivity index (χ2v) is 4.78. The van der Waals surface area contributed by atoms with Crippen LogP contribution in [0.15, 0.2) is 48.5 Å². The number of benzene rings is 2. The third kappa shape index (κ3) is 3.79. The molecule has 2 aromatic rings. The normalized spacial score (nSPS) is 10.1. The summed E-state index contributed by atoms with van der Waals surface area (Å²) in [6.45, 7) is 2.22. The average molecular weight is 287 g/mol. The van der Waals surface area contributed by atoms with E-state index in [4.69, 9.17) is 21.7 Å². The average Bonchev–Trinajstić information content (AvgIpc) is 2.47. The zero-order valence-corrected chi connectivity index (χ0v) is 12.4. The van der Waals surface area contributed by atoms with Crippen LogP contribution in [0.2, 0.25) is 0 Å². The van der Waals surface area contributed by atoms with Crippen molar-refractivity contribution in [1.82, 2.24) is 0 Å². The Balaban J connectivity index is 2.21. The van der Waals surface area contributed by atoms with E-state index in [1.165, 1.54) is 0 Å². The van der Waals surface area contributed by atoms with Gasteiger partial charge in [-0.1, -0.05) is 42.0 Å². The van der Waals surface area contributed by atoms with Crippen LogP contribution in [-0.4, -0.2) is 18.9 Å². The molecule has 104 valence electrons. The Kier molecular flexibility index (Phi) is 5.09. The summed E-state index contributed by atoms with van der Waals surface area (Å²) >= 11 is 5.47. The monoisotopic (exact) mass is 287 g/mol. The maximum Gasteiger partial charge on any atom is 0.188 e. The minimum atomic E-state index is 0.198. The molecule has 20 heavy (non-hydrogen) atoms. The first-order valence-corrected chi connectivity index (χ1v) is 6.70. The van der Waals surface area contributed by atoms with Crippen LogP contribution in [0.5, 0.6) is 5.75 Å². The summed E-state index contributed by atoms with van der Waals surface area (Å²) in [5.41, 5.74) is 2.94. The van der Waals surface area contributed by atoms with E-state index in [9.17, 15) is 0 Å². The summed E-state index contributed by atoms with van der Waals surface area (Å²) in [4.78, 5) is 0.631. The zero-order chi connectivity index (χ0) is 14.4. The van der Waals surface area contributed by atoms with Crippen molar-refractivity contribution >= 4 is 22.9 Å². The number of rotatable bonds is 5. The fourth-order valence-corrected chi connectivity index (χ4v) is 2.07. The van der Waals surface area contributed by atoms with Crippen molar-refractivity contribution in [2.24, 2.45) is 0 Å². The predicted octanol–water partition coefficient (Wildman–Crippen LogP) is 3.77. The predicted molar refractivity (Wildman–Crippen MR) is 85.4 cm³/mol. The van der Waals surface area contributed by atoms with Gasteiger partial charge >= 0.3 is 0 Å².